The number of ether oxygens (including phenoxy) is 1. The van der Waals surface area contributed by atoms with Crippen molar-refractivity contribution in [1.29, 1.82) is 0 Å². The lowest BCUT2D eigenvalue weighted by Crippen LogP contribution is -2.50. The van der Waals surface area contributed by atoms with E-state index in [4.69, 9.17) is 16.3 Å². The molecule has 0 bridgehead atoms. The predicted octanol–water partition coefficient (Wildman–Crippen LogP) is -0.139. The van der Waals surface area contributed by atoms with Crippen LogP contribution in [0.3, 0.4) is 0 Å². The van der Waals surface area contributed by atoms with E-state index in [1.807, 2.05) is 0 Å². The highest BCUT2D eigenvalue weighted by atomic mass is 35.5. The quantitative estimate of drug-likeness (QED) is 0.539. The zero-order chi connectivity index (χ0) is 12.4. The van der Waals surface area contributed by atoms with Gasteiger partial charge in [-0.05, 0) is 6.42 Å². The number of rotatable bonds is 2. The van der Waals surface area contributed by atoms with Crippen molar-refractivity contribution in [2.45, 2.75) is 24.2 Å². The lowest BCUT2D eigenvalue weighted by molar-refractivity contribution is -0.139. The van der Waals surface area contributed by atoms with E-state index in [2.05, 4.69) is 10.9 Å². The van der Waals surface area contributed by atoms with Crippen molar-refractivity contribution in [1.82, 2.24) is 15.8 Å². The van der Waals surface area contributed by atoms with E-state index < -0.39 is 17.8 Å². The average Bonchev–Trinajstić information content (AvgIpc) is 2.74. The molecule has 5 nitrogen and oxygen atoms in total. The first-order valence-corrected chi connectivity index (χ1v) is 6.15. The van der Waals surface area contributed by atoms with Gasteiger partial charge in [0.2, 0.25) is 5.91 Å². The number of hydrogen-bond acceptors (Lipinski definition) is 4. The molecule has 0 aromatic heterocycles. The summed E-state index contributed by atoms with van der Waals surface area (Å²) in [6.45, 7) is 1.10. The number of likely N-dealkylation sites (tertiary alicyclic amines) is 1. The van der Waals surface area contributed by atoms with Crippen LogP contribution >= 0.6 is 11.6 Å². The van der Waals surface area contributed by atoms with E-state index in [9.17, 15) is 9.18 Å². The average molecular weight is 266 g/mol. The largest absolute Gasteiger partial charge is 0.378 e. The lowest BCUT2D eigenvalue weighted by atomic mass is 10.0. The fraction of sp³-hybridized carbons (Fsp3) is 0.900. The maximum absolute atomic E-state index is 13.7. The fourth-order valence-corrected chi connectivity index (χ4v) is 2.54. The summed E-state index contributed by atoms with van der Waals surface area (Å²) in [4.78, 5) is 13.6. The first-order chi connectivity index (χ1) is 8.13. The van der Waals surface area contributed by atoms with Crippen LogP contribution in [-0.4, -0.2) is 55.3 Å². The van der Waals surface area contributed by atoms with Crippen LogP contribution in [0.25, 0.3) is 0 Å². The van der Waals surface area contributed by atoms with E-state index in [-0.39, 0.29) is 18.4 Å². The standard InChI is InChI=1S/C10H17ClFN3O2/c1-17-8-2-3-15(5-7(8)12)10(16)6-4-13-14-9(6)11/h6-9,13-14H,2-5H2,1H3/t6?,7-,8+,9?/m1/s1. The predicted molar refractivity (Wildman–Crippen MR) is 61.2 cm³/mol. The minimum absolute atomic E-state index is 0.0947. The van der Waals surface area contributed by atoms with E-state index >= 15 is 0 Å². The highest BCUT2D eigenvalue weighted by molar-refractivity contribution is 6.22. The van der Waals surface area contributed by atoms with Gasteiger partial charge in [-0.1, -0.05) is 0 Å². The molecule has 2 aliphatic heterocycles. The van der Waals surface area contributed by atoms with Gasteiger partial charge in [-0.25, -0.2) is 9.82 Å². The van der Waals surface area contributed by atoms with Gasteiger partial charge in [-0.15, -0.1) is 11.6 Å². The zero-order valence-corrected chi connectivity index (χ0v) is 10.4. The Labute approximate surface area is 105 Å². The first kappa shape index (κ1) is 13.0. The van der Waals surface area contributed by atoms with Gasteiger partial charge in [0.1, 0.15) is 11.7 Å². The van der Waals surface area contributed by atoms with Gasteiger partial charge in [0.15, 0.2) is 0 Å². The number of hydrazine groups is 1. The Morgan fingerprint density at radius 3 is 2.88 bits per heavy atom. The first-order valence-electron chi connectivity index (χ1n) is 5.71. The number of methoxy groups -OCH3 is 1. The second-order valence-corrected chi connectivity index (χ2v) is 4.87. The molecule has 0 spiro atoms. The summed E-state index contributed by atoms with van der Waals surface area (Å²) >= 11 is 5.95. The van der Waals surface area contributed by atoms with Gasteiger partial charge in [0.25, 0.3) is 0 Å². The van der Waals surface area contributed by atoms with E-state index in [0.29, 0.717) is 19.5 Å². The highest BCUT2D eigenvalue weighted by Crippen LogP contribution is 2.21. The van der Waals surface area contributed by atoms with Crippen LogP contribution in [0.15, 0.2) is 0 Å². The van der Waals surface area contributed by atoms with Crippen LogP contribution in [0.5, 0.6) is 0 Å². The van der Waals surface area contributed by atoms with Crippen molar-refractivity contribution in [2.24, 2.45) is 5.92 Å². The topological polar surface area (TPSA) is 53.6 Å². The van der Waals surface area contributed by atoms with E-state index in [1.165, 1.54) is 12.0 Å². The third-order valence-electron chi connectivity index (χ3n) is 3.33. The molecule has 4 atom stereocenters. The summed E-state index contributed by atoms with van der Waals surface area (Å²) in [6, 6.07) is 0. The van der Waals surface area contributed by atoms with Gasteiger partial charge in [0, 0.05) is 20.2 Å². The van der Waals surface area contributed by atoms with Crippen molar-refractivity contribution >= 4 is 17.5 Å². The normalized spacial score (nSPS) is 38.4. The van der Waals surface area contributed by atoms with Gasteiger partial charge in [0.05, 0.1) is 18.6 Å². The smallest absolute Gasteiger partial charge is 0.230 e. The molecule has 2 heterocycles. The molecular formula is C10H17ClFN3O2. The molecule has 0 aromatic rings. The summed E-state index contributed by atoms with van der Waals surface area (Å²) in [5, 5.41) is 0. The molecule has 17 heavy (non-hydrogen) atoms. The minimum atomic E-state index is -1.12. The Morgan fingerprint density at radius 2 is 2.35 bits per heavy atom. The molecular weight excluding hydrogens is 249 g/mol. The Bertz CT molecular complexity index is 295. The molecule has 0 saturated carbocycles. The van der Waals surface area contributed by atoms with Crippen LogP contribution < -0.4 is 10.9 Å². The second-order valence-electron chi connectivity index (χ2n) is 4.40. The van der Waals surface area contributed by atoms with E-state index in [0.717, 1.165) is 0 Å². The number of piperidine rings is 1. The SMILES string of the molecule is CO[C@H]1CCN(C(=O)C2CNNC2Cl)C[C@H]1F. The maximum atomic E-state index is 13.7. The van der Waals surface area contributed by atoms with Gasteiger partial charge >= 0.3 is 0 Å². The van der Waals surface area contributed by atoms with Gasteiger partial charge in [-0.2, -0.15) is 0 Å². The van der Waals surface area contributed by atoms with Crippen LogP contribution in [0.4, 0.5) is 4.39 Å². The van der Waals surface area contributed by atoms with Gasteiger partial charge < -0.3 is 9.64 Å². The molecule has 2 N–H and O–H groups in total. The van der Waals surface area contributed by atoms with Crippen molar-refractivity contribution in [2.75, 3.05) is 26.7 Å². The Kier molecular flexibility index (Phi) is 4.19. The summed E-state index contributed by atoms with van der Waals surface area (Å²) < 4.78 is 18.7. The Hall–Kier alpha value is -0.430. The molecule has 2 unspecified atom stereocenters. The summed E-state index contributed by atoms with van der Waals surface area (Å²) in [6.07, 6.45) is -0.983. The number of alkyl halides is 2. The molecule has 0 radical (unpaired) electrons. The maximum Gasteiger partial charge on any atom is 0.230 e. The number of halogens is 2. The lowest BCUT2D eigenvalue weighted by Gasteiger charge is -2.35. The Morgan fingerprint density at radius 1 is 1.59 bits per heavy atom. The Balaban J connectivity index is 1.93. The third kappa shape index (κ3) is 2.70. The van der Waals surface area contributed by atoms with Gasteiger partial charge in [-0.3, -0.25) is 10.2 Å². The summed E-state index contributed by atoms with van der Waals surface area (Å²) in [5.74, 6) is -0.428. The number of carbonyl (C=O) groups is 1. The zero-order valence-electron chi connectivity index (χ0n) is 9.66. The van der Waals surface area contributed by atoms with Crippen molar-refractivity contribution in [3.63, 3.8) is 0 Å². The number of carbonyl (C=O) groups excluding carboxylic acids is 1. The molecule has 1 amide bonds. The van der Waals surface area contributed by atoms with Crippen molar-refractivity contribution < 1.29 is 13.9 Å². The van der Waals surface area contributed by atoms with E-state index in [1.54, 1.807) is 0 Å². The summed E-state index contributed by atoms with van der Waals surface area (Å²) in [5.41, 5.74) is 5.17. The molecule has 2 rings (SSSR count). The second kappa shape index (κ2) is 5.48. The highest BCUT2D eigenvalue weighted by Gasteiger charge is 2.38. The van der Waals surface area contributed by atoms with Crippen LogP contribution in [0.1, 0.15) is 6.42 Å². The molecule has 2 fully saturated rings. The molecule has 2 saturated heterocycles. The number of nitrogens with one attached hydrogen (secondary N) is 2. The third-order valence-corrected chi connectivity index (χ3v) is 3.74. The number of hydrogen-bond donors (Lipinski definition) is 2. The van der Waals surface area contributed by atoms with Crippen LogP contribution in [0, 0.1) is 5.92 Å². The van der Waals surface area contributed by atoms with Crippen LogP contribution in [-0.2, 0) is 9.53 Å². The summed E-state index contributed by atoms with van der Waals surface area (Å²) in [7, 11) is 1.49. The van der Waals surface area contributed by atoms with Crippen molar-refractivity contribution in [3.8, 4) is 0 Å². The number of amides is 1. The molecule has 0 aliphatic carbocycles. The molecule has 0 aromatic carbocycles. The minimum Gasteiger partial charge on any atom is -0.378 e. The molecule has 2 aliphatic rings. The monoisotopic (exact) mass is 265 g/mol. The van der Waals surface area contributed by atoms with Crippen molar-refractivity contribution in [3.05, 3.63) is 0 Å². The fourth-order valence-electron chi connectivity index (χ4n) is 2.27. The molecule has 98 valence electrons. The van der Waals surface area contributed by atoms with Crippen LogP contribution in [0.2, 0.25) is 0 Å². The number of nitrogens with zero attached hydrogens (tertiary/aromatic N) is 1. The molecule has 7 heteroatoms.